The maximum absolute atomic E-state index is 12.0. The van der Waals surface area contributed by atoms with E-state index in [1.807, 2.05) is 0 Å². The van der Waals surface area contributed by atoms with Crippen molar-refractivity contribution in [3.05, 3.63) is 58.6 Å². The van der Waals surface area contributed by atoms with Gasteiger partial charge in [0.25, 0.3) is 5.91 Å². The van der Waals surface area contributed by atoms with E-state index in [2.05, 4.69) is 10.1 Å². The molecule has 0 aliphatic rings. The van der Waals surface area contributed by atoms with Gasteiger partial charge in [0.15, 0.2) is 13.2 Å². The Labute approximate surface area is 161 Å². The van der Waals surface area contributed by atoms with Crippen LogP contribution in [0.5, 0.6) is 5.75 Å². The lowest BCUT2D eigenvalue weighted by Crippen LogP contribution is -2.24. The summed E-state index contributed by atoms with van der Waals surface area (Å²) in [6, 6.07) is 11.3. The average Bonchev–Trinajstić information content (AvgIpc) is 2.66. The maximum atomic E-state index is 12.0. The monoisotopic (exact) mass is 391 g/mol. The third-order valence-electron chi connectivity index (χ3n) is 3.45. The predicted octanol–water partition coefficient (Wildman–Crippen LogP) is 3.00. The van der Waals surface area contributed by atoms with Crippen LogP contribution in [0.4, 0.5) is 5.69 Å². The number of methoxy groups -OCH3 is 1. The molecule has 8 heteroatoms. The highest BCUT2D eigenvalue weighted by molar-refractivity contribution is 6.30. The number of amides is 1. The number of benzene rings is 2. The van der Waals surface area contributed by atoms with Gasteiger partial charge < -0.3 is 19.5 Å². The van der Waals surface area contributed by atoms with E-state index in [1.165, 1.54) is 13.2 Å². The van der Waals surface area contributed by atoms with Gasteiger partial charge in [0.05, 0.1) is 12.7 Å². The minimum atomic E-state index is -0.704. The van der Waals surface area contributed by atoms with Gasteiger partial charge in [-0.3, -0.25) is 4.79 Å². The molecule has 27 heavy (non-hydrogen) atoms. The van der Waals surface area contributed by atoms with E-state index in [-0.39, 0.29) is 6.61 Å². The van der Waals surface area contributed by atoms with Crippen LogP contribution in [0.2, 0.25) is 5.02 Å². The molecule has 1 amide bonds. The highest BCUT2D eigenvalue weighted by Gasteiger charge is 2.12. The summed E-state index contributed by atoms with van der Waals surface area (Å²) in [6.07, 6.45) is 0. The highest BCUT2D eigenvalue weighted by Crippen LogP contribution is 2.18. The molecule has 2 aromatic carbocycles. The summed E-state index contributed by atoms with van der Waals surface area (Å²) < 4.78 is 14.7. The molecule has 0 atom stereocenters. The number of nitrogens with one attached hydrogen (secondary N) is 1. The smallest absolute Gasteiger partial charge is 0.344 e. The van der Waals surface area contributed by atoms with Crippen LogP contribution in [-0.2, 0) is 19.1 Å². The molecule has 0 heterocycles. The molecular weight excluding hydrogens is 374 g/mol. The number of rotatable bonds is 7. The number of aryl methyl sites for hydroxylation is 1. The first-order valence-corrected chi connectivity index (χ1v) is 8.29. The Hall–Kier alpha value is -3.06. The summed E-state index contributed by atoms with van der Waals surface area (Å²) in [5.74, 6) is -1.35. The molecule has 0 radical (unpaired) electrons. The Balaban J connectivity index is 1.83. The third kappa shape index (κ3) is 6.31. The molecule has 0 fully saturated rings. The fraction of sp³-hybridized carbons (Fsp3) is 0.211. The lowest BCUT2D eigenvalue weighted by Gasteiger charge is -2.11. The van der Waals surface area contributed by atoms with Crippen LogP contribution < -0.4 is 10.1 Å². The zero-order valence-electron chi connectivity index (χ0n) is 14.8. The van der Waals surface area contributed by atoms with Crippen LogP contribution in [0.15, 0.2) is 42.5 Å². The minimum Gasteiger partial charge on any atom is -0.482 e. The van der Waals surface area contributed by atoms with Gasteiger partial charge in [-0.15, -0.1) is 0 Å². The van der Waals surface area contributed by atoms with Crippen molar-refractivity contribution in [2.75, 3.05) is 25.6 Å². The summed E-state index contributed by atoms with van der Waals surface area (Å²) in [6.45, 7) is 0.922. The molecule has 0 aliphatic carbocycles. The SMILES string of the molecule is COC(=O)c1ccc(C)c(NC(=O)COC(=O)COc2cccc(Cl)c2)c1. The molecule has 0 spiro atoms. The number of esters is 2. The molecule has 2 aromatic rings. The van der Waals surface area contributed by atoms with Crippen LogP contribution in [-0.4, -0.2) is 38.2 Å². The van der Waals surface area contributed by atoms with Gasteiger partial charge in [-0.2, -0.15) is 0 Å². The van der Waals surface area contributed by atoms with Crippen LogP contribution in [0.1, 0.15) is 15.9 Å². The van der Waals surface area contributed by atoms with Gasteiger partial charge in [0.2, 0.25) is 0 Å². The van der Waals surface area contributed by atoms with E-state index < -0.39 is 24.5 Å². The number of carbonyl (C=O) groups excluding carboxylic acids is 3. The van der Waals surface area contributed by atoms with Crippen LogP contribution in [0.3, 0.4) is 0 Å². The van der Waals surface area contributed by atoms with Gasteiger partial charge in [-0.25, -0.2) is 9.59 Å². The van der Waals surface area contributed by atoms with Crippen molar-refractivity contribution in [1.82, 2.24) is 0 Å². The van der Waals surface area contributed by atoms with Crippen molar-refractivity contribution in [1.29, 1.82) is 0 Å². The molecule has 0 unspecified atom stereocenters. The van der Waals surface area contributed by atoms with E-state index in [4.69, 9.17) is 21.1 Å². The van der Waals surface area contributed by atoms with Crippen LogP contribution in [0.25, 0.3) is 0 Å². The second-order valence-corrected chi connectivity index (χ2v) is 5.91. The Kier molecular flexibility index (Phi) is 7.19. The van der Waals surface area contributed by atoms with Gasteiger partial charge in [-0.05, 0) is 42.8 Å². The molecule has 7 nitrogen and oxygen atoms in total. The van der Waals surface area contributed by atoms with Crippen molar-refractivity contribution in [3.63, 3.8) is 0 Å². The average molecular weight is 392 g/mol. The second-order valence-electron chi connectivity index (χ2n) is 5.48. The lowest BCUT2D eigenvalue weighted by molar-refractivity contribution is -0.149. The van der Waals surface area contributed by atoms with E-state index in [0.29, 0.717) is 22.0 Å². The molecule has 0 saturated carbocycles. The van der Waals surface area contributed by atoms with Crippen molar-refractivity contribution in [3.8, 4) is 5.75 Å². The van der Waals surface area contributed by atoms with E-state index >= 15 is 0 Å². The molecule has 2 rings (SSSR count). The summed E-state index contributed by atoms with van der Waals surface area (Å²) in [5, 5.41) is 3.06. The standard InChI is InChI=1S/C19H18ClNO6/c1-12-6-7-13(19(24)25-2)8-16(12)21-17(22)10-27-18(23)11-26-15-5-3-4-14(20)9-15/h3-9H,10-11H2,1-2H3,(H,21,22). The zero-order valence-corrected chi connectivity index (χ0v) is 15.5. The van der Waals surface area contributed by atoms with Crippen molar-refractivity contribution in [2.45, 2.75) is 6.92 Å². The number of hydrogen-bond donors (Lipinski definition) is 1. The maximum Gasteiger partial charge on any atom is 0.344 e. The molecule has 0 aliphatic heterocycles. The first-order chi connectivity index (χ1) is 12.9. The number of halogens is 1. The molecule has 0 aromatic heterocycles. The van der Waals surface area contributed by atoms with Crippen molar-refractivity contribution >= 4 is 35.1 Å². The van der Waals surface area contributed by atoms with Gasteiger partial charge in [0, 0.05) is 10.7 Å². The summed E-state index contributed by atoms with van der Waals surface area (Å²) in [5.41, 5.74) is 1.46. The first-order valence-electron chi connectivity index (χ1n) is 7.92. The third-order valence-corrected chi connectivity index (χ3v) is 3.68. The predicted molar refractivity (Wildman–Crippen MR) is 99.1 cm³/mol. The summed E-state index contributed by atoms with van der Waals surface area (Å²) in [7, 11) is 1.27. The largest absolute Gasteiger partial charge is 0.482 e. The fourth-order valence-corrected chi connectivity index (χ4v) is 2.25. The molecule has 0 saturated heterocycles. The fourth-order valence-electron chi connectivity index (χ4n) is 2.07. The quantitative estimate of drug-likeness (QED) is 0.729. The number of carbonyl (C=O) groups is 3. The molecule has 142 valence electrons. The minimum absolute atomic E-state index is 0.297. The summed E-state index contributed by atoms with van der Waals surface area (Å²) >= 11 is 5.81. The van der Waals surface area contributed by atoms with Gasteiger partial charge in [-0.1, -0.05) is 23.7 Å². The molecule has 1 N–H and O–H groups in total. The Morgan fingerprint density at radius 3 is 2.56 bits per heavy atom. The van der Waals surface area contributed by atoms with Crippen molar-refractivity contribution in [2.24, 2.45) is 0 Å². The number of anilines is 1. The molecule has 0 bridgehead atoms. The Morgan fingerprint density at radius 2 is 1.85 bits per heavy atom. The van der Waals surface area contributed by atoms with Crippen LogP contribution in [0, 0.1) is 6.92 Å². The topological polar surface area (TPSA) is 90.9 Å². The number of hydrogen-bond acceptors (Lipinski definition) is 6. The second kappa shape index (κ2) is 9.59. The summed E-state index contributed by atoms with van der Waals surface area (Å²) in [4.78, 5) is 35.2. The van der Waals surface area contributed by atoms with Crippen LogP contribution >= 0.6 is 11.6 Å². The Bertz CT molecular complexity index is 852. The normalized spacial score (nSPS) is 10.0. The van der Waals surface area contributed by atoms with E-state index in [9.17, 15) is 14.4 Å². The lowest BCUT2D eigenvalue weighted by atomic mass is 10.1. The number of ether oxygens (including phenoxy) is 3. The van der Waals surface area contributed by atoms with E-state index in [0.717, 1.165) is 5.56 Å². The van der Waals surface area contributed by atoms with Gasteiger partial charge in [0.1, 0.15) is 5.75 Å². The highest BCUT2D eigenvalue weighted by atomic mass is 35.5. The van der Waals surface area contributed by atoms with Gasteiger partial charge >= 0.3 is 11.9 Å². The Morgan fingerprint density at radius 1 is 1.07 bits per heavy atom. The first kappa shape index (κ1) is 20.3. The van der Waals surface area contributed by atoms with E-state index in [1.54, 1.807) is 43.3 Å². The molecular formula is C19H18ClNO6. The zero-order chi connectivity index (χ0) is 19.8. The van der Waals surface area contributed by atoms with Crippen molar-refractivity contribution < 1.29 is 28.6 Å².